The van der Waals surface area contributed by atoms with Gasteiger partial charge in [0.2, 0.25) is 0 Å². The lowest BCUT2D eigenvalue weighted by molar-refractivity contribution is 0.869. The number of nitrogens with one attached hydrogen (secondary N) is 1. The smallest absolute Gasteiger partial charge is 0.262 e. The fourth-order valence-electron chi connectivity index (χ4n) is 2.70. The number of hydrogen-bond acceptors (Lipinski definition) is 4. The van der Waals surface area contributed by atoms with E-state index in [2.05, 4.69) is 20.1 Å². The highest BCUT2D eigenvalue weighted by molar-refractivity contribution is 5.75. The van der Waals surface area contributed by atoms with Gasteiger partial charge in [-0.05, 0) is 30.7 Å². The maximum atomic E-state index is 12.4. The fourth-order valence-corrected chi connectivity index (χ4v) is 2.70. The first-order chi connectivity index (χ1) is 11.7. The van der Waals surface area contributed by atoms with E-state index in [1.807, 2.05) is 49.4 Å². The van der Waals surface area contributed by atoms with Crippen molar-refractivity contribution >= 4 is 11.0 Å². The van der Waals surface area contributed by atoms with Crippen LogP contribution in [0.2, 0.25) is 0 Å². The molecule has 6 heteroatoms. The second-order valence-electron chi connectivity index (χ2n) is 5.59. The van der Waals surface area contributed by atoms with Crippen molar-refractivity contribution in [2.75, 3.05) is 0 Å². The normalized spacial score (nSPS) is 11.0. The van der Waals surface area contributed by atoms with Gasteiger partial charge in [-0.3, -0.25) is 9.78 Å². The second kappa shape index (κ2) is 5.73. The zero-order valence-electron chi connectivity index (χ0n) is 13.1. The van der Waals surface area contributed by atoms with E-state index in [-0.39, 0.29) is 5.56 Å². The fraction of sp³-hybridized carbons (Fsp3) is 0.111. The molecule has 118 valence electrons. The molecule has 4 aromatic rings. The third kappa shape index (κ3) is 2.48. The van der Waals surface area contributed by atoms with Crippen LogP contribution in [-0.2, 0) is 6.42 Å². The van der Waals surface area contributed by atoms with Gasteiger partial charge in [0.25, 0.3) is 5.56 Å². The molecule has 0 radical (unpaired) electrons. The van der Waals surface area contributed by atoms with Crippen molar-refractivity contribution in [3.63, 3.8) is 0 Å². The second-order valence-corrected chi connectivity index (χ2v) is 5.59. The molecule has 3 heterocycles. The van der Waals surface area contributed by atoms with E-state index in [0.717, 1.165) is 16.9 Å². The zero-order chi connectivity index (χ0) is 16.5. The minimum atomic E-state index is -0.189. The number of hydrogen-bond donors (Lipinski definition) is 1. The highest BCUT2D eigenvalue weighted by Crippen LogP contribution is 2.17. The summed E-state index contributed by atoms with van der Waals surface area (Å²) in [5.41, 5.74) is 3.19. The van der Waals surface area contributed by atoms with E-state index in [4.69, 9.17) is 0 Å². The zero-order valence-corrected chi connectivity index (χ0v) is 13.1. The maximum Gasteiger partial charge on any atom is 0.262 e. The molecule has 0 unspecified atom stereocenters. The number of para-hydroxylation sites is 1. The van der Waals surface area contributed by atoms with Crippen LogP contribution in [0.15, 0.2) is 59.7 Å². The molecular formula is C18H15N5O. The average molecular weight is 317 g/mol. The van der Waals surface area contributed by atoms with Crippen LogP contribution in [-0.4, -0.2) is 24.7 Å². The summed E-state index contributed by atoms with van der Waals surface area (Å²) in [7, 11) is 0. The SMILES string of the molecule is Cc1ccccc1-n1ncc2c(=O)[nH]c(Cc3ccccn3)nc21. The quantitative estimate of drug-likeness (QED) is 0.629. The van der Waals surface area contributed by atoms with Crippen molar-refractivity contribution in [3.8, 4) is 5.69 Å². The average Bonchev–Trinajstić information content (AvgIpc) is 3.00. The van der Waals surface area contributed by atoms with Crippen molar-refractivity contribution in [1.29, 1.82) is 0 Å². The molecular weight excluding hydrogens is 302 g/mol. The highest BCUT2D eigenvalue weighted by atomic mass is 16.1. The Labute approximate surface area is 137 Å². The molecule has 0 fully saturated rings. The molecule has 24 heavy (non-hydrogen) atoms. The monoisotopic (exact) mass is 317 g/mol. The Balaban J connectivity index is 1.86. The van der Waals surface area contributed by atoms with Crippen LogP contribution in [0.5, 0.6) is 0 Å². The predicted molar refractivity (Wildman–Crippen MR) is 91.3 cm³/mol. The van der Waals surface area contributed by atoms with Gasteiger partial charge in [-0.25, -0.2) is 9.67 Å². The summed E-state index contributed by atoms with van der Waals surface area (Å²) < 4.78 is 1.71. The van der Waals surface area contributed by atoms with Crippen LogP contribution in [0.1, 0.15) is 17.1 Å². The Hall–Kier alpha value is -3.28. The van der Waals surface area contributed by atoms with Crippen LogP contribution >= 0.6 is 0 Å². The Morgan fingerprint density at radius 1 is 1.12 bits per heavy atom. The maximum absolute atomic E-state index is 12.4. The molecule has 6 nitrogen and oxygen atoms in total. The largest absolute Gasteiger partial charge is 0.310 e. The van der Waals surface area contributed by atoms with Gasteiger partial charge in [0.15, 0.2) is 5.65 Å². The Morgan fingerprint density at radius 2 is 1.96 bits per heavy atom. The molecule has 1 N–H and O–H groups in total. The number of aromatic amines is 1. The van der Waals surface area contributed by atoms with E-state index < -0.39 is 0 Å². The van der Waals surface area contributed by atoms with E-state index in [9.17, 15) is 4.79 Å². The summed E-state index contributed by atoms with van der Waals surface area (Å²) in [6, 6.07) is 13.6. The summed E-state index contributed by atoms with van der Waals surface area (Å²) in [6.45, 7) is 2.00. The molecule has 0 amide bonds. The van der Waals surface area contributed by atoms with Gasteiger partial charge < -0.3 is 4.98 Å². The van der Waals surface area contributed by atoms with Crippen LogP contribution in [0, 0.1) is 6.92 Å². The van der Waals surface area contributed by atoms with Gasteiger partial charge in [0, 0.05) is 18.3 Å². The van der Waals surface area contributed by atoms with Gasteiger partial charge in [0.05, 0.1) is 11.9 Å². The van der Waals surface area contributed by atoms with E-state index in [0.29, 0.717) is 23.3 Å². The van der Waals surface area contributed by atoms with Crippen LogP contribution < -0.4 is 5.56 Å². The van der Waals surface area contributed by atoms with Gasteiger partial charge in [-0.2, -0.15) is 5.10 Å². The molecule has 0 aliphatic heterocycles. The first kappa shape index (κ1) is 14.3. The molecule has 0 spiro atoms. The molecule has 0 aliphatic carbocycles. The summed E-state index contributed by atoms with van der Waals surface area (Å²) in [6.07, 6.45) is 3.74. The molecule has 1 aromatic carbocycles. The number of pyridine rings is 1. The van der Waals surface area contributed by atoms with Crippen LogP contribution in [0.3, 0.4) is 0 Å². The number of nitrogens with zero attached hydrogens (tertiary/aromatic N) is 4. The number of rotatable bonds is 3. The van der Waals surface area contributed by atoms with Crippen LogP contribution in [0.4, 0.5) is 0 Å². The molecule has 0 saturated carbocycles. The van der Waals surface area contributed by atoms with E-state index in [1.54, 1.807) is 17.1 Å². The third-order valence-corrected chi connectivity index (χ3v) is 3.91. The summed E-state index contributed by atoms with van der Waals surface area (Å²) in [5.74, 6) is 0.571. The lowest BCUT2D eigenvalue weighted by Crippen LogP contribution is -2.13. The Bertz CT molecular complexity index is 1070. The third-order valence-electron chi connectivity index (χ3n) is 3.91. The van der Waals surface area contributed by atoms with Crippen molar-refractivity contribution in [2.24, 2.45) is 0 Å². The van der Waals surface area contributed by atoms with Crippen molar-refractivity contribution in [1.82, 2.24) is 24.7 Å². The lowest BCUT2D eigenvalue weighted by atomic mass is 10.2. The van der Waals surface area contributed by atoms with Gasteiger partial charge in [-0.15, -0.1) is 0 Å². The predicted octanol–water partition coefficient (Wildman–Crippen LogP) is 2.40. The molecule has 0 saturated heterocycles. The van der Waals surface area contributed by atoms with Crippen molar-refractivity contribution < 1.29 is 0 Å². The number of aryl methyl sites for hydroxylation is 1. The molecule has 0 aliphatic rings. The van der Waals surface area contributed by atoms with Gasteiger partial charge in [0.1, 0.15) is 11.2 Å². The molecule has 0 atom stereocenters. The molecule has 0 bridgehead atoms. The summed E-state index contributed by atoms with van der Waals surface area (Å²) >= 11 is 0. The molecule has 3 aromatic heterocycles. The van der Waals surface area contributed by atoms with Crippen LogP contribution in [0.25, 0.3) is 16.7 Å². The van der Waals surface area contributed by atoms with Crippen molar-refractivity contribution in [3.05, 3.63) is 82.3 Å². The number of H-pyrrole nitrogens is 1. The van der Waals surface area contributed by atoms with Crippen molar-refractivity contribution in [2.45, 2.75) is 13.3 Å². The number of fused-ring (bicyclic) bond motifs is 1. The summed E-state index contributed by atoms with van der Waals surface area (Å²) in [5, 5.41) is 4.83. The number of aromatic nitrogens is 5. The van der Waals surface area contributed by atoms with E-state index >= 15 is 0 Å². The summed E-state index contributed by atoms with van der Waals surface area (Å²) in [4.78, 5) is 24.1. The minimum absolute atomic E-state index is 0.189. The Kier molecular flexibility index (Phi) is 3.42. The first-order valence-electron chi connectivity index (χ1n) is 7.65. The van der Waals surface area contributed by atoms with Gasteiger partial charge >= 0.3 is 0 Å². The first-order valence-corrected chi connectivity index (χ1v) is 7.65. The minimum Gasteiger partial charge on any atom is -0.310 e. The standard InChI is InChI=1S/C18H15N5O/c1-12-6-2-3-8-15(12)23-17-14(11-20-23)18(24)22-16(21-17)10-13-7-4-5-9-19-13/h2-9,11H,10H2,1H3,(H,21,22,24). The Morgan fingerprint density at radius 3 is 2.75 bits per heavy atom. The topological polar surface area (TPSA) is 76.5 Å². The molecule has 4 rings (SSSR count). The van der Waals surface area contributed by atoms with E-state index in [1.165, 1.54) is 0 Å². The van der Waals surface area contributed by atoms with Gasteiger partial charge in [-0.1, -0.05) is 24.3 Å². The number of benzene rings is 1. The highest BCUT2D eigenvalue weighted by Gasteiger charge is 2.13. The lowest BCUT2D eigenvalue weighted by Gasteiger charge is -2.07.